The molecule has 148 valence electrons. The summed E-state index contributed by atoms with van der Waals surface area (Å²) in [5.74, 6) is 0.596. The van der Waals surface area contributed by atoms with Gasteiger partial charge >= 0.3 is 6.03 Å². The van der Waals surface area contributed by atoms with E-state index in [0.717, 1.165) is 25.0 Å². The Bertz CT molecular complexity index is 795. The molecule has 2 aromatic carbocycles. The van der Waals surface area contributed by atoms with Crippen LogP contribution in [0.5, 0.6) is 5.75 Å². The Hall–Kier alpha value is -3.02. The van der Waals surface area contributed by atoms with Crippen molar-refractivity contribution >= 4 is 17.6 Å². The third kappa shape index (κ3) is 5.25. The third-order valence-electron chi connectivity index (χ3n) is 4.87. The van der Waals surface area contributed by atoms with Crippen LogP contribution in [0.15, 0.2) is 54.6 Å². The van der Waals surface area contributed by atoms with E-state index in [-0.39, 0.29) is 11.9 Å². The monoisotopic (exact) mass is 381 g/mol. The SMILES string of the molecule is CNC(=O)C1CCCN1C(=O)Nc1cccc(OCCCc2ccccc2)c1. The number of likely N-dealkylation sites (tertiary alicyclic amines) is 1. The molecule has 3 rings (SSSR count). The van der Waals surface area contributed by atoms with Crippen LogP contribution < -0.4 is 15.4 Å². The Morgan fingerprint density at radius 3 is 2.75 bits per heavy atom. The number of benzene rings is 2. The summed E-state index contributed by atoms with van der Waals surface area (Å²) < 4.78 is 5.82. The number of aryl methyl sites for hydroxylation is 1. The number of ether oxygens (including phenoxy) is 1. The van der Waals surface area contributed by atoms with Crippen LogP contribution in [0.4, 0.5) is 10.5 Å². The number of hydrogen-bond donors (Lipinski definition) is 2. The lowest BCUT2D eigenvalue weighted by atomic mass is 10.1. The van der Waals surface area contributed by atoms with Crippen molar-refractivity contribution in [3.8, 4) is 5.75 Å². The Labute approximate surface area is 165 Å². The van der Waals surface area contributed by atoms with Gasteiger partial charge in [0.25, 0.3) is 0 Å². The summed E-state index contributed by atoms with van der Waals surface area (Å²) in [6.07, 6.45) is 3.41. The zero-order valence-corrected chi connectivity index (χ0v) is 16.2. The van der Waals surface area contributed by atoms with E-state index in [1.807, 2.05) is 42.5 Å². The van der Waals surface area contributed by atoms with Gasteiger partial charge in [-0.05, 0) is 43.4 Å². The Morgan fingerprint density at radius 1 is 1.14 bits per heavy atom. The van der Waals surface area contributed by atoms with Gasteiger partial charge in [0, 0.05) is 25.3 Å². The van der Waals surface area contributed by atoms with E-state index in [4.69, 9.17) is 4.74 Å². The van der Waals surface area contributed by atoms with Crippen LogP contribution in [-0.2, 0) is 11.2 Å². The molecule has 0 aliphatic carbocycles. The number of likely N-dealkylation sites (N-methyl/N-ethyl adjacent to an activating group) is 1. The first-order valence-electron chi connectivity index (χ1n) is 9.73. The fraction of sp³-hybridized carbons (Fsp3) is 0.364. The molecule has 6 nitrogen and oxygen atoms in total. The topological polar surface area (TPSA) is 70.7 Å². The summed E-state index contributed by atoms with van der Waals surface area (Å²) in [5, 5.41) is 5.50. The van der Waals surface area contributed by atoms with Crippen LogP contribution in [0.2, 0.25) is 0 Å². The Morgan fingerprint density at radius 2 is 1.96 bits per heavy atom. The number of hydrogen-bond acceptors (Lipinski definition) is 3. The highest BCUT2D eigenvalue weighted by Gasteiger charge is 2.33. The van der Waals surface area contributed by atoms with Gasteiger partial charge < -0.3 is 20.3 Å². The van der Waals surface area contributed by atoms with Crippen LogP contribution >= 0.6 is 0 Å². The molecule has 0 saturated carbocycles. The first kappa shape index (κ1) is 19.7. The molecule has 2 aromatic rings. The average Bonchev–Trinajstić information content (AvgIpc) is 3.22. The number of carbonyl (C=O) groups is 2. The maximum absolute atomic E-state index is 12.6. The van der Waals surface area contributed by atoms with Crippen LogP contribution in [0.25, 0.3) is 0 Å². The van der Waals surface area contributed by atoms with Crippen molar-refractivity contribution in [2.75, 3.05) is 25.5 Å². The normalized spacial score (nSPS) is 15.9. The number of anilines is 1. The molecule has 0 radical (unpaired) electrons. The molecular weight excluding hydrogens is 354 g/mol. The Kier molecular flexibility index (Phi) is 6.89. The smallest absolute Gasteiger partial charge is 0.322 e. The first-order chi connectivity index (χ1) is 13.7. The maximum atomic E-state index is 12.6. The van der Waals surface area contributed by atoms with Gasteiger partial charge in [-0.1, -0.05) is 36.4 Å². The average molecular weight is 381 g/mol. The minimum absolute atomic E-state index is 0.122. The number of rotatable bonds is 7. The van der Waals surface area contributed by atoms with E-state index in [2.05, 4.69) is 22.8 Å². The van der Waals surface area contributed by atoms with Crippen molar-refractivity contribution in [2.24, 2.45) is 0 Å². The van der Waals surface area contributed by atoms with E-state index in [0.29, 0.717) is 25.3 Å². The van der Waals surface area contributed by atoms with Crippen LogP contribution in [0.3, 0.4) is 0 Å². The number of nitrogens with zero attached hydrogens (tertiary/aromatic N) is 1. The zero-order chi connectivity index (χ0) is 19.8. The molecule has 1 aliphatic heterocycles. The highest BCUT2D eigenvalue weighted by molar-refractivity contribution is 5.94. The summed E-state index contributed by atoms with van der Waals surface area (Å²) in [6, 6.07) is 17.0. The predicted molar refractivity (Wildman–Crippen MR) is 110 cm³/mol. The van der Waals surface area contributed by atoms with Gasteiger partial charge in [0.15, 0.2) is 0 Å². The van der Waals surface area contributed by atoms with Gasteiger partial charge in [-0.2, -0.15) is 0 Å². The van der Waals surface area contributed by atoms with Crippen LogP contribution in [0.1, 0.15) is 24.8 Å². The van der Waals surface area contributed by atoms with E-state index < -0.39 is 6.04 Å². The second kappa shape index (κ2) is 9.78. The second-order valence-corrected chi connectivity index (χ2v) is 6.86. The first-order valence-corrected chi connectivity index (χ1v) is 9.73. The van der Waals surface area contributed by atoms with Crippen molar-refractivity contribution in [2.45, 2.75) is 31.7 Å². The molecular formula is C22H27N3O3. The van der Waals surface area contributed by atoms with Gasteiger partial charge in [0.1, 0.15) is 11.8 Å². The molecule has 1 aliphatic rings. The minimum atomic E-state index is -0.401. The van der Waals surface area contributed by atoms with Gasteiger partial charge in [-0.25, -0.2) is 4.79 Å². The summed E-state index contributed by atoms with van der Waals surface area (Å²) in [6.45, 7) is 1.19. The fourth-order valence-corrected chi connectivity index (χ4v) is 3.42. The van der Waals surface area contributed by atoms with E-state index >= 15 is 0 Å². The summed E-state index contributed by atoms with van der Waals surface area (Å²) in [7, 11) is 1.59. The molecule has 6 heteroatoms. The molecule has 0 spiro atoms. The van der Waals surface area contributed by atoms with Gasteiger partial charge in [-0.3, -0.25) is 4.79 Å². The quantitative estimate of drug-likeness (QED) is 0.722. The molecule has 1 unspecified atom stereocenters. The number of urea groups is 1. The molecule has 1 fully saturated rings. The molecule has 1 heterocycles. The molecule has 0 bridgehead atoms. The van der Waals surface area contributed by atoms with Gasteiger partial charge in [0.05, 0.1) is 6.61 Å². The molecule has 1 saturated heterocycles. The van der Waals surface area contributed by atoms with Crippen molar-refractivity contribution in [3.05, 3.63) is 60.2 Å². The molecule has 2 N–H and O–H groups in total. The van der Waals surface area contributed by atoms with E-state index in [1.165, 1.54) is 5.56 Å². The molecule has 3 amide bonds. The van der Waals surface area contributed by atoms with Crippen molar-refractivity contribution in [3.63, 3.8) is 0 Å². The van der Waals surface area contributed by atoms with E-state index in [1.54, 1.807) is 11.9 Å². The highest BCUT2D eigenvalue weighted by atomic mass is 16.5. The van der Waals surface area contributed by atoms with Crippen LogP contribution in [0, 0.1) is 0 Å². The summed E-state index contributed by atoms with van der Waals surface area (Å²) in [5.41, 5.74) is 1.96. The molecule has 0 aromatic heterocycles. The zero-order valence-electron chi connectivity index (χ0n) is 16.2. The predicted octanol–water partition coefficient (Wildman–Crippen LogP) is 3.44. The van der Waals surface area contributed by atoms with Crippen molar-refractivity contribution in [1.82, 2.24) is 10.2 Å². The lowest BCUT2D eigenvalue weighted by molar-refractivity contribution is -0.124. The molecule has 1 atom stereocenters. The second-order valence-electron chi connectivity index (χ2n) is 6.86. The van der Waals surface area contributed by atoms with Crippen molar-refractivity contribution < 1.29 is 14.3 Å². The standard InChI is InChI=1S/C22H27N3O3/c1-23-21(26)20-13-6-14-25(20)22(27)24-18-11-5-12-19(16-18)28-15-7-10-17-8-3-2-4-9-17/h2-5,8-9,11-12,16,20H,6-7,10,13-15H2,1H3,(H,23,26)(H,24,27). The van der Waals surface area contributed by atoms with E-state index in [9.17, 15) is 9.59 Å². The summed E-state index contributed by atoms with van der Waals surface area (Å²) in [4.78, 5) is 26.1. The molecule has 28 heavy (non-hydrogen) atoms. The number of carbonyl (C=O) groups excluding carboxylic acids is 2. The number of nitrogens with one attached hydrogen (secondary N) is 2. The highest BCUT2D eigenvalue weighted by Crippen LogP contribution is 2.21. The minimum Gasteiger partial charge on any atom is -0.494 e. The Balaban J connectivity index is 1.50. The largest absolute Gasteiger partial charge is 0.494 e. The lowest BCUT2D eigenvalue weighted by Crippen LogP contribution is -2.46. The lowest BCUT2D eigenvalue weighted by Gasteiger charge is -2.23. The number of amides is 3. The van der Waals surface area contributed by atoms with Crippen LogP contribution in [-0.4, -0.2) is 43.1 Å². The third-order valence-corrected chi connectivity index (χ3v) is 4.87. The van der Waals surface area contributed by atoms with Crippen molar-refractivity contribution in [1.29, 1.82) is 0 Å². The fourth-order valence-electron chi connectivity index (χ4n) is 3.42. The summed E-state index contributed by atoms with van der Waals surface area (Å²) >= 11 is 0. The van der Waals surface area contributed by atoms with Gasteiger partial charge in [-0.15, -0.1) is 0 Å². The van der Waals surface area contributed by atoms with Gasteiger partial charge in [0.2, 0.25) is 5.91 Å². The maximum Gasteiger partial charge on any atom is 0.322 e.